The Balaban J connectivity index is 2.18. The summed E-state index contributed by atoms with van der Waals surface area (Å²) in [5, 5.41) is 0. The smallest absolute Gasteiger partial charge is 0.248 e. The Labute approximate surface area is 149 Å². The molecule has 0 spiro atoms. The summed E-state index contributed by atoms with van der Waals surface area (Å²) >= 11 is 3.52. The lowest BCUT2D eigenvalue weighted by Crippen LogP contribution is -2.27. The van der Waals surface area contributed by atoms with Crippen molar-refractivity contribution in [2.24, 2.45) is 4.99 Å². The second-order valence-corrected chi connectivity index (χ2v) is 6.20. The van der Waals surface area contributed by atoms with Crippen molar-refractivity contribution < 1.29 is 14.3 Å². The number of nitrogens with zero attached hydrogens (tertiary/aromatic N) is 2. The van der Waals surface area contributed by atoms with Gasteiger partial charge < -0.3 is 14.4 Å². The Hall–Kier alpha value is -2.34. The van der Waals surface area contributed by atoms with Crippen molar-refractivity contribution in [3.8, 4) is 11.5 Å². The first-order valence-electron chi connectivity index (χ1n) is 7.38. The van der Waals surface area contributed by atoms with E-state index in [2.05, 4.69) is 20.9 Å². The molecule has 1 amide bonds. The molecule has 0 bridgehead atoms. The number of fused-ring (bicyclic) bond motifs is 1. The molecule has 24 heavy (non-hydrogen) atoms. The van der Waals surface area contributed by atoms with Crippen LogP contribution in [0.3, 0.4) is 0 Å². The molecule has 0 aromatic heterocycles. The van der Waals surface area contributed by atoms with Crippen LogP contribution in [-0.4, -0.2) is 39.4 Å². The first kappa shape index (κ1) is 16.5. The summed E-state index contributed by atoms with van der Waals surface area (Å²) in [6.45, 7) is 0.104. The average Bonchev–Trinajstić information content (AvgIpc) is 2.72. The Morgan fingerprint density at radius 2 is 1.83 bits per heavy atom. The van der Waals surface area contributed by atoms with E-state index in [9.17, 15) is 4.79 Å². The Kier molecular flexibility index (Phi) is 4.57. The summed E-state index contributed by atoms with van der Waals surface area (Å²) in [5.74, 6) is 1.38. The number of benzodiazepines with no additional fused rings is 1. The van der Waals surface area contributed by atoms with E-state index in [-0.39, 0.29) is 12.5 Å². The summed E-state index contributed by atoms with van der Waals surface area (Å²) in [6.07, 6.45) is 0. The van der Waals surface area contributed by atoms with Gasteiger partial charge in [0.25, 0.3) is 0 Å². The van der Waals surface area contributed by atoms with Crippen LogP contribution >= 0.6 is 15.9 Å². The predicted octanol–water partition coefficient (Wildman–Crippen LogP) is 3.28. The summed E-state index contributed by atoms with van der Waals surface area (Å²) in [5.41, 5.74) is 3.35. The Morgan fingerprint density at radius 1 is 1.12 bits per heavy atom. The van der Waals surface area contributed by atoms with E-state index in [4.69, 9.17) is 9.47 Å². The Bertz CT molecular complexity index is 816. The topological polar surface area (TPSA) is 51.1 Å². The third-order valence-electron chi connectivity index (χ3n) is 4.00. The zero-order valence-corrected chi connectivity index (χ0v) is 15.3. The molecule has 124 valence electrons. The standard InChI is InChI=1S/C18H17BrN2O3/c1-21-15-9-16(24-3)14(19)8-13(15)18(20-10-17(21)22)11-4-6-12(23-2)7-5-11/h4-9H,10H2,1-3H3. The molecule has 0 radical (unpaired) electrons. The summed E-state index contributed by atoms with van der Waals surface area (Å²) in [7, 11) is 4.98. The number of rotatable bonds is 3. The van der Waals surface area contributed by atoms with Gasteiger partial charge in [-0.15, -0.1) is 0 Å². The fourth-order valence-electron chi connectivity index (χ4n) is 2.63. The first-order chi connectivity index (χ1) is 11.5. The summed E-state index contributed by atoms with van der Waals surface area (Å²) < 4.78 is 11.4. The van der Waals surface area contributed by atoms with Gasteiger partial charge in [0, 0.05) is 24.2 Å². The van der Waals surface area contributed by atoms with Crippen LogP contribution in [0.5, 0.6) is 11.5 Å². The minimum Gasteiger partial charge on any atom is -0.497 e. The minimum absolute atomic E-state index is 0.0656. The quantitative estimate of drug-likeness (QED) is 0.810. The van der Waals surface area contributed by atoms with Crippen LogP contribution in [0.25, 0.3) is 0 Å². The molecule has 5 nitrogen and oxygen atoms in total. The number of methoxy groups -OCH3 is 2. The number of carbonyl (C=O) groups excluding carboxylic acids is 1. The number of halogens is 1. The molecule has 3 rings (SSSR count). The molecule has 0 saturated carbocycles. The Morgan fingerprint density at radius 3 is 2.46 bits per heavy atom. The number of hydrogen-bond donors (Lipinski definition) is 0. The molecule has 1 heterocycles. The van der Waals surface area contributed by atoms with Crippen LogP contribution in [0.1, 0.15) is 11.1 Å². The zero-order chi connectivity index (χ0) is 17.3. The molecule has 0 atom stereocenters. The molecule has 1 aliphatic rings. The maximum atomic E-state index is 12.3. The van der Waals surface area contributed by atoms with Crippen molar-refractivity contribution in [3.05, 3.63) is 52.0 Å². The van der Waals surface area contributed by atoms with Gasteiger partial charge in [-0.3, -0.25) is 9.79 Å². The molecule has 2 aromatic rings. The SMILES string of the molecule is COc1ccc(C2=NCC(=O)N(C)c3cc(OC)c(Br)cc32)cc1. The van der Waals surface area contributed by atoms with E-state index in [0.717, 1.165) is 32.7 Å². The van der Waals surface area contributed by atoms with E-state index >= 15 is 0 Å². The number of aliphatic imine (C=N–C) groups is 1. The van der Waals surface area contributed by atoms with Gasteiger partial charge in [-0.2, -0.15) is 0 Å². The number of amides is 1. The number of anilines is 1. The lowest BCUT2D eigenvalue weighted by atomic mass is 10.00. The monoisotopic (exact) mass is 388 g/mol. The van der Waals surface area contributed by atoms with Crippen molar-refractivity contribution in [2.75, 3.05) is 32.7 Å². The van der Waals surface area contributed by atoms with E-state index < -0.39 is 0 Å². The maximum absolute atomic E-state index is 12.3. The predicted molar refractivity (Wildman–Crippen MR) is 97.6 cm³/mol. The van der Waals surface area contributed by atoms with Gasteiger partial charge in [0.2, 0.25) is 5.91 Å². The van der Waals surface area contributed by atoms with E-state index in [0.29, 0.717) is 5.75 Å². The first-order valence-corrected chi connectivity index (χ1v) is 8.17. The fourth-order valence-corrected chi connectivity index (χ4v) is 3.14. The zero-order valence-electron chi connectivity index (χ0n) is 13.7. The number of ether oxygens (including phenoxy) is 2. The van der Waals surface area contributed by atoms with Gasteiger partial charge >= 0.3 is 0 Å². The van der Waals surface area contributed by atoms with Crippen LogP contribution in [0.2, 0.25) is 0 Å². The second kappa shape index (κ2) is 6.65. The van der Waals surface area contributed by atoms with Gasteiger partial charge in [-0.05, 0) is 46.3 Å². The van der Waals surface area contributed by atoms with Crippen molar-refractivity contribution in [1.29, 1.82) is 0 Å². The third kappa shape index (κ3) is 2.89. The molecule has 6 heteroatoms. The molecule has 0 saturated heterocycles. The molecular weight excluding hydrogens is 372 g/mol. The number of benzene rings is 2. The lowest BCUT2D eigenvalue weighted by Gasteiger charge is -2.19. The molecule has 2 aromatic carbocycles. The molecule has 0 unspecified atom stereocenters. The van der Waals surface area contributed by atoms with E-state index in [1.807, 2.05) is 36.4 Å². The average molecular weight is 389 g/mol. The van der Waals surface area contributed by atoms with Gasteiger partial charge in [-0.25, -0.2) is 0 Å². The molecule has 0 fully saturated rings. The van der Waals surface area contributed by atoms with Gasteiger partial charge in [-0.1, -0.05) is 0 Å². The summed E-state index contributed by atoms with van der Waals surface area (Å²) in [4.78, 5) is 18.4. The highest BCUT2D eigenvalue weighted by Crippen LogP contribution is 2.35. The van der Waals surface area contributed by atoms with Crippen LogP contribution < -0.4 is 14.4 Å². The van der Waals surface area contributed by atoms with Crippen molar-refractivity contribution in [3.63, 3.8) is 0 Å². The highest BCUT2D eigenvalue weighted by Gasteiger charge is 2.24. The molecule has 0 N–H and O–H groups in total. The lowest BCUT2D eigenvalue weighted by molar-refractivity contribution is -0.116. The fraction of sp³-hybridized carbons (Fsp3) is 0.222. The minimum atomic E-state index is -0.0656. The number of carbonyl (C=O) groups is 1. The van der Waals surface area contributed by atoms with Crippen LogP contribution in [0.15, 0.2) is 45.9 Å². The largest absolute Gasteiger partial charge is 0.497 e. The number of hydrogen-bond acceptors (Lipinski definition) is 4. The normalized spacial score (nSPS) is 13.9. The van der Waals surface area contributed by atoms with Gasteiger partial charge in [0.15, 0.2) is 0 Å². The van der Waals surface area contributed by atoms with Crippen LogP contribution in [0.4, 0.5) is 5.69 Å². The van der Waals surface area contributed by atoms with E-state index in [1.165, 1.54) is 0 Å². The molecule has 1 aliphatic heterocycles. The van der Waals surface area contributed by atoms with Gasteiger partial charge in [0.05, 0.1) is 30.1 Å². The van der Waals surface area contributed by atoms with E-state index in [1.54, 1.807) is 26.2 Å². The highest BCUT2D eigenvalue weighted by molar-refractivity contribution is 9.10. The van der Waals surface area contributed by atoms with Crippen LogP contribution in [0, 0.1) is 0 Å². The summed E-state index contributed by atoms with van der Waals surface area (Å²) in [6, 6.07) is 11.4. The van der Waals surface area contributed by atoms with Gasteiger partial charge in [0.1, 0.15) is 18.0 Å². The maximum Gasteiger partial charge on any atom is 0.248 e. The van der Waals surface area contributed by atoms with Crippen molar-refractivity contribution in [2.45, 2.75) is 0 Å². The van der Waals surface area contributed by atoms with Crippen molar-refractivity contribution in [1.82, 2.24) is 0 Å². The number of likely N-dealkylation sites (N-methyl/N-ethyl adjacent to an activating group) is 1. The molecular formula is C18H17BrN2O3. The third-order valence-corrected chi connectivity index (χ3v) is 4.62. The molecule has 0 aliphatic carbocycles. The van der Waals surface area contributed by atoms with Crippen LogP contribution in [-0.2, 0) is 4.79 Å². The second-order valence-electron chi connectivity index (χ2n) is 5.35. The van der Waals surface area contributed by atoms with Crippen molar-refractivity contribution >= 4 is 33.2 Å². The highest BCUT2D eigenvalue weighted by atomic mass is 79.9.